The summed E-state index contributed by atoms with van der Waals surface area (Å²) in [6.45, 7) is 0. The lowest BCUT2D eigenvalue weighted by Gasteiger charge is -1.47. The van der Waals surface area contributed by atoms with Crippen LogP contribution in [0.1, 0.15) is 0 Å². The van der Waals surface area contributed by atoms with Crippen molar-refractivity contribution in [3.8, 4) is 0 Å². The van der Waals surface area contributed by atoms with Gasteiger partial charge in [-0.15, -0.1) is 0 Å². The molecule has 0 fully saturated rings. The van der Waals surface area contributed by atoms with Crippen LogP contribution in [0, 0.1) is 0 Å². The van der Waals surface area contributed by atoms with E-state index >= 15 is 0 Å². The summed E-state index contributed by atoms with van der Waals surface area (Å²) >= 11 is 0. The third-order valence-corrected chi connectivity index (χ3v) is 0.347. The molecule has 1 rings (SSSR count). The highest BCUT2D eigenvalue weighted by Crippen LogP contribution is 1.72. The lowest BCUT2D eigenvalue weighted by molar-refractivity contribution is -0.317. The molecule has 1 aromatic heterocycles. The Balaban J connectivity index is 0.000000145. The number of oxazole rings is 1. The second-order valence-electron chi connectivity index (χ2n) is 0.734. The van der Waals surface area contributed by atoms with Gasteiger partial charge in [-0.05, 0) is 9.05 Å². The van der Waals surface area contributed by atoms with Gasteiger partial charge in [-0.3, -0.25) is 0 Å². The molecule has 0 aliphatic carbocycles. The predicted octanol–water partition coefficient (Wildman–Crippen LogP) is 1.45. The van der Waals surface area contributed by atoms with Crippen molar-refractivity contribution in [3.05, 3.63) is 18.9 Å². The molecule has 0 aromatic carbocycles. The number of nitrogens with zero attached hydrogens (tertiary/aromatic N) is 1. The maximum Gasteiger partial charge on any atom is 0.180 e. The molecule has 0 spiro atoms. The third-order valence-electron chi connectivity index (χ3n) is 0.347. The van der Waals surface area contributed by atoms with Crippen LogP contribution in [-0.2, 0) is 5.15 Å². The summed E-state index contributed by atoms with van der Waals surface area (Å²) < 4.78 is 22.7. The van der Waals surface area contributed by atoms with E-state index in [0.717, 1.165) is 0 Å². The maximum atomic E-state index is 9.12. The van der Waals surface area contributed by atoms with Crippen LogP contribution in [-0.4, -0.2) is 4.98 Å². The van der Waals surface area contributed by atoms with Crippen LogP contribution in [0.3, 0.4) is 0 Å². The van der Waals surface area contributed by atoms with Crippen LogP contribution >= 0.6 is 0 Å². The van der Waals surface area contributed by atoms with E-state index in [0.29, 0.717) is 0 Å². The van der Waals surface area contributed by atoms with E-state index in [4.69, 9.17) is 9.05 Å². The molecule has 0 N–H and O–H groups in total. The molecule has 0 saturated heterocycles. The zero-order chi connectivity index (χ0) is 6.24. The summed E-state index contributed by atoms with van der Waals surface area (Å²) in [5.41, 5.74) is 0. The second-order valence-corrected chi connectivity index (χ2v) is 0.734. The molecule has 0 aliphatic heterocycles. The molecule has 1 heterocycles. The number of rotatable bonds is 0. The van der Waals surface area contributed by atoms with Crippen LogP contribution in [0.25, 0.3) is 0 Å². The summed E-state index contributed by atoms with van der Waals surface area (Å²) in [7, 11) is 0. The fraction of sp³-hybridized carbons (Fsp3) is 0. The van der Waals surface area contributed by atoms with E-state index in [9.17, 15) is 0 Å². The highest BCUT2D eigenvalue weighted by atomic mass is 19.6. The molecule has 8 heavy (non-hydrogen) atoms. The lowest BCUT2D eigenvalue weighted by atomic mass is 11.0. The van der Waals surface area contributed by atoms with Crippen molar-refractivity contribution < 1.29 is 18.6 Å². The number of hydrogen-bond acceptors (Lipinski definition) is 3. The minimum absolute atomic E-state index is 1.25. The first-order valence-corrected chi connectivity index (χ1v) is 1.63. The summed E-state index contributed by atoms with van der Waals surface area (Å²) in [5, 5.41) is 1.25. The molecule has 0 aliphatic rings. The minimum Gasteiger partial charge on any atom is -0.452 e. The van der Waals surface area contributed by atoms with Gasteiger partial charge in [0.25, 0.3) is 0 Å². The molecule has 0 radical (unpaired) electrons. The molecule has 0 saturated carbocycles. The van der Waals surface area contributed by atoms with Crippen molar-refractivity contribution in [3.63, 3.8) is 0 Å². The van der Waals surface area contributed by atoms with E-state index in [1.54, 1.807) is 6.20 Å². The first kappa shape index (κ1) is 7.03. The van der Waals surface area contributed by atoms with Gasteiger partial charge in [0.05, 0.1) is 6.20 Å². The average Bonchev–Trinajstić information content (AvgIpc) is 2.17. The Morgan fingerprint density at radius 3 is 2.25 bits per heavy atom. The third kappa shape index (κ3) is 5.03. The minimum atomic E-state index is 1.25. The Kier molecular flexibility index (Phi) is 5.30. The van der Waals surface area contributed by atoms with E-state index in [-0.39, 0.29) is 0 Å². The summed E-state index contributed by atoms with van der Waals surface area (Å²) in [6, 6.07) is 0. The van der Waals surface area contributed by atoms with Crippen molar-refractivity contribution >= 4 is 0 Å². The fourth-order valence-corrected chi connectivity index (χ4v) is 0.176. The van der Waals surface area contributed by atoms with Gasteiger partial charge >= 0.3 is 0 Å². The zero-order valence-electron chi connectivity index (χ0n) is 3.75. The molecular weight excluding hydrogens is 120 g/mol. The van der Waals surface area contributed by atoms with Gasteiger partial charge in [-0.25, -0.2) is 4.98 Å². The van der Waals surface area contributed by atoms with Crippen molar-refractivity contribution in [2.24, 2.45) is 0 Å². The van der Waals surface area contributed by atoms with Crippen molar-refractivity contribution in [2.45, 2.75) is 0 Å². The molecule has 0 amide bonds. The smallest absolute Gasteiger partial charge is 0.180 e. The van der Waals surface area contributed by atoms with E-state index in [2.05, 4.69) is 9.40 Å². The molecule has 0 atom stereocenters. The van der Waals surface area contributed by atoms with E-state index in [1.165, 1.54) is 17.8 Å². The Morgan fingerprint density at radius 2 is 2.12 bits per heavy atom. The quantitative estimate of drug-likeness (QED) is 0.523. The maximum absolute atomic E-state index is 9.12. The van der Waals surface area contributed by atoms with Crippen molar-refractivity contribution in [1.29, 1.82) is 0 Å². The van der Waals surface area contributed by atoms with Crippen molar-refractivity contribution in [1.82, 2.24) is 4.98 Å². The van der Waals surface area contributed by atoms with Crippen LogP contribution in [0.15, 0.2) is 23.3 Å². The van der Waals surface area contributed by atoms with Gasteiger partial charge in [0.15, 0.2) is 6.39 Å². The summed E-state index contributed by atoms with van der Waals surface area (Å²) in [6.07, 6.45) is 4.47. The molecule has 0 bridgehead atoms. The van der Waals surface area contributed by atoms with Gasteiger partial charge in [-0.2, -0.15) is 0 Å². The van der Waals surface area contributed by atoms with Crippen LogP contribution < -0.4 is 0 Å². The van der Waals surface area contributed by atoms with E-state index < -0.39 is 0 Å². The van der Waals surface area contributed by atoms with Gasteiger partial charge in [0, 0.05) is 5.15 Å². The largest absolute Gasteiger partial charge is 0.452 e. The summed E-state index contributed by atoms with van der Waals surface area (Å²) in [4.78, 5) is 3.56. The monoisotopic (exact) mass is 123 g/mol. The molecular formula is C3H3F2NO2. The first-order chi connectivity index (χ1) is 3.91. The van der Waals surface area contributed by atoms with Crippen LogP contribution in [0.5, 0.6) is 0 Å². The topological polar surface area (TPSA) is 35.3 Å². The predicted molar refractivity (Wildman–Crippen MR) is 19.8 cm³/mol. The first-order valence-electron chi connectivity index (χ1n) is 1.63. The van der Waals surface area contributed by atoms with Crippen LogP contribution in [0.2, 0.25) is 0 Å². The number of aromatic nitrogens is 1. The lowest BCUT2D eigenvalue weighted by Crippen LogP contribution is -1.38. The molecule has 3 nitrogen and oxygen atoms in total. The van der Waals surface area contributed by atoms with Gasteiger partial charge < -0.3 is 4.42 Å². The van der Waals surface area contributed by atoms with Crippen LogP contribution in [0.4, 0.5) is 9.05 Å². The normalized spacial score (nSPS) is 7.25. The molecule has 1 aromatic rings. The molecule has 5 heteroatoms. The summed E-state index contributed by atoms with van der Waals surface area (Å²) in [5.74, 6) is 0. The Morgan fingerprint density at radius 1 is 1.50 bits per heavy atom. The van der Waals surface area contributed by atoms with Gasteiger partial charge in [-0.1, -0.05) is 0 Å². The standard InChI is InChI=1S/C3H3NO.F2O/c1-2-5-3-4-1;1-3-2/h1-3H;. The number of hydrogen-bond donors (Lipinski definition) is 0. The Hall–Kier alpha value is -0.970. The highest BCUT2D eigenvalue weighted by Gasteiger charge is 1.59. The average molecular weight is 123 g/mol. The van der Waals surface area contributed by atoms with E-state index in [1.807, 2.05) is 0 Å². The molecule has 0 unspecified atom stereocenters. The fourth-order valence-electron chi connectivity index (χ4n) is 0.176. The van der Waals surface area contributed by atoms with Crippen molar-refractivity contribution in [2.75, 3.05) is 0 Å². The molecule has 46 valence electrons. The zero-order valence-corrected chi connectivity index (χ0v) is 3.75. The second kappa shape index (κ2) is 6.03. The SMILES string of the molecule is FOF.c1cocn1. The van der Waals surface area contributed by atoms with Gasteiger partial charge in [0.1, 0.15) is 6.26 Å². The van der Waals surface area contributed by atoms with Gasteiger partial charge in [0.2, 0.25) is 0 Å². The highest BCUT2D eigenvalue weighted by molar-refractivity contribution is 4.56. The number of halogens is 2. The Bertz CT molecular complexity index is 82.2. The Labute approximate surface area is 43.7 Å².